The molecule has 1 fully saturated rings. The Labute approximate surface area is 153 Å². The van der Waals surface area contributed by atoms with Gasteiger partial charge in [-0.15, -0.1) is 0 Å². The molecule has 1 saturated heterocycles. The average Bonchev–Trinajstić information content (AvgIpc) is 3.02. The highest BCUT2D eigenvalue weighted by atomic mass is 19.1. The molecule has 26 heavy (non-hydrogen) atoms. The van der Waals surface area contributed by atoms with Gasteiger partial charge in [-0.05, 0) is 36.1 Å². The zero-order valence-electron chi connectivity index (χ0n) is 15.0. The van der Waals surface area contributed by atoms with Crippen LogP contribution in [0, 0.1) is 18.7 Å². The third kappa shape index (κ3) is 3.93. The summed E-state index contributed by atoms with van der Waals surface area (Å²) in [5.74, 6) is -1.08. The molecule has 0 bridgehead atoms. The van der Waals surface area contributed by atoms with Crippen LogP contribution in [-0.2, 0) is 9.59 Å². The summed E-state index contributed by atoms with van der Waals surface area (Å²) >= 11 is 0. The fourth-order valence-corrected chi connectivity index (χ4v) is 3.24. The highest BCUT2D eigenvalue weighted by Crippen LogP contribution is 2.28. The molecule has 0 aromatic heterocycles. The van der Waals surface area contributed by atoms with Crippen molar-refractivity contribution in [2.24, 2.45) is 5.92 Å². The number of carbonyl (C=O) groups excluding carboxylic acids is 2. The molecule has 0 aliphatic carbocycles. The number of hydrogen-bond acceptors (Lipinski definition) is 2. The Balaban J connectivity index is 1.60. The lowest BCUT2D eigenvalue weighted by molar-refractivity contribution is -0.126. The third-order valence-electron chi connectivity index (χ3n) is 4.84. The van der Waals surface area contributed by atoms with Crippen LogP contribution in [0.15, 0.2) is 48.5 Å². The van der Waals surface area contributed by atoms with Gasteiger partial charge in [-0.1, -0.05) is 43.3 Å². The summed E-state index contributed by atoms with van der Waals surface area (Å²) in [6, 6.07) is 14.7. The minimum atomic E-state index is -0.453. The van der Waals surface area contributed by atoms with Gasteiger partial charge in [-0.3, -0.25) is 9.59 Å². The molecule has 2 aromatic rings. The highest BCUT2D eigenvalue weighted by molar-refractivity contribution is 6.00. The normalized spacial score (nSPS) is 18.0. The van der Waals surface area contributed by atoms with Crippen molar-refractivity contribution in [1.82, 2.24) is 5.32 Å². The molecule has 2 amide bonds. The molecule has 1 N–H and O–H groups in total. The molecule has 5 heteroatoms. The molecule has 0 spiro atoms. The number of hydrogen-bond donors (Lipinski definition) is 1. The summed E-state index contributed by atoms with van der Waals surface area (Å²) in [4.78, 5) is 26.1. The Morgan fingerprint density at radius 1 is 1.27 bits per heavy atom. The predicted octanol–water partition coefficient (Wildman–Crippen LogP) is 3.41. The first kappa shape index (κ1) is 18.1. The number of nitrogens with zero attached hydrogens (tertiary/aromatic N) is 1. The fourth-order valence-electron chi connectivity index (χ4n) is 3.24. The van der Waals surface area contributed by atoms with E-state index in [0.29, 0.717) is 6.54 Å². The maximum atomic E-state index is 14.2. The Morgan fingerprint density at radius 3 is 2.69 bits per heavy atom. The first-order chi connectivity index (χ1) is 12.5. The predicted molar refractivity (Wildman–Crippen MR) is 99.5 cm³/mol. The van der Waals surface area contributed by atoms with E-state index < -0.39 is 11.7 Å². The van der Waals surface area contributed by atoms with Gasteiger partial charge in [0.15, 0.2) is 0 Å². The van der Waals surface area contributed by atoms with Gasteiger partial charge < -0.3 is 10.2 Å². The standard InChI is InChI=1S/C21H23FN2O2/c1-14-8-9-19(18(22)10-14)24-13-17(11-20(24)25)21(26)23-12-15(2)16-6-4-3-5-7-16/h3-10,15,17H,11-13H2,1-2H3,(H,23,26). The van der Waals surface area contributed by atoms with Gasteiger partial charge in [-0.25, -0.2) is 4.39 Å². The van der Waals surface area contributed by atoms with Crippen LogP contribution in [-0.4, -0.2) is 24.9 Å². The average molecular weight is 354 g/mol. The minimum absolute atomic E-state index is 0.110. The third-order valence-corrected chi connectivity index (χ3v) is 4.84. The zero-order chi connectivity index (χ0) is 18.7. The molecule has 1 heterocycles. The lowest BCUT2D eigenvalue weighted by atomic mass is 10.0. The van der Waals surface area contributed by atoms with E-state index in [9.17, 15) is 14.0 Å². The molecule has 0 radical (unpaired) electrons. The zero-order valence-corrected chi connectivity index (χ0v) is 15.0. The van der Waals surface area contributed by atoms with E-state index >= 15 is 0 Å². The lowest BCUT2D eigenvalue weighted by Crippen LogP contribution is -2.35. The van der Waals surface area contributed by atoms with Crippen molar-refractivity contribution < 1.29 is 14.0 Å². The second-order valence-electron chi connectivity index (χ2n) is 6.92. The van der Waals surface area contributed by atoms with E-state index in [4.69, 9.17) is 0 Å². The molecule has 0 saturated carbocycles. The van der Waals surface area contributed by atoms with Crippen molar-refractivity contribution in [3.05, 3.63) is 65.5 Å². The van der Waals surface area contributed by atoms with Crippen LogP contribution in [0.5, 0.6) is 0 Å². The topological polar surface area (TPSA) is 49.4 Å². The van der Waals surface area contributed by atoms with Gasteiger partial charge in [0.25, 0.3) is 0 Å². The number of rotatable bonds is 5. The monoisotopic (exact) mass is 354 g/mol. The Hall–Kier alpha value is -2.69. The summed E-state index contributed by atoms with van der Waals surface area (Å²) in [5, 5.41) is 2.93. The van der Waals surface area contributed by atoms with Crippen LogP contribution < -0.4 is 10.2 Å². The van der Waals surface area contributed by atoms with Crippen LogP contribution in [0.4, 0.5) is 10.1 Å². The Morgan fingerprint density at radius 2 is 2.00 bits per heavy atom. The second kappa shape index (κ2) is 7.68. The quantitative estimate of drug-likeness (QED) is 0.895. The van der Waals surface area contributed by atoms with E-state index in [1.54, 1.807) is 19.1 Å². The number of amides is 2. The molecule has 2 atom stereocenters. The SMILES string of the molecule is Cc1ccc(N2CC(C(=O)NCC(C)c3ccccc3)CC2=O)c(F)c1. The van der Waals surface area contributed by atoms with Crippen molar-refractivity contribution in [2.75, 3.05) is 18.0 Å². The van der Waals surface area contributed by atoms with E-state index in [0.717, 1.165) is 11.1 Å². The minimum Gasteiger partial charge on any atom is -0.355 e. The van der Waals surface area contributed by atoms with Gasteiger partial charge >= 0.3 is 0 Å². The summed E-state index contributed by atoms with van der Waals surface area (Å²) < 4.78 is 14.2. The summed E-state index contributed by atoms with van der Waals surface area (Å²) in [6.07, 6.45) is 0.110. The molecule has 2 aromatic carbocycles. The molecule has 3 rings (SSSR count). The molecule has 2 unspecified atom stereocenters. The largest absolute Gasteiger partial charge is 0.355 e. The van der Waals surface area contributed by atoms with Crippen molar-refractivity contribution in [3.63, 3.8) is 0 Å². The highest BCUT2D eigenvalue weighted by Gasteiger charge is 2.36. The summed E-state index contributed by atoms with van der Waals surface area (Å²) in [5.41, 5.74) is 2.19. The number of benzene rings is 2. The smallest absolute Gasteiger partial charge is 0.227 e. The number of aryl methyl sites for hydroxylation is 1. The molecule has 1 aliphatic heterocycles. The van der Waals surface area contributed by atoms with Crippen molar-refractivity contribution in [2.45, 2.75) is 26.2 Å². The Bertz CT molecular complexity index is 807. The van der Waals surface area contributed by atoms with E-state index in [-0.39, 0.29) is 36.4 Å². The molecule has 4 nitrogen and oxygen atoms in total. The van der Waals surface area contributed by atoms with E-state index in [1.165, 1.54) is 11.0 Å². The first-order valence-corrected chi connectivity index (χ1v) is 8.85. The molecule has 136 valence electrons. The van der Waals surface area contributed by atoms with Gasteiger partial charge in [0.2, 0.25) is 11.8 Å². The van der Waals surface area contributed by atoms with Gasteiger partial charge in [0.05, 0.1) is 11.6 Å². The van der Waals surface area contributed by atoms with Crippen LogP contribution in [0.1, 0.15) is 30.4 Å². The van der Waals surface area contributed by atoms with Gasteiger partial charge in [-0.2, -0.15) is 0 Å². The lowest BCUT2D eigenvalue weighted by Gasteiger charge is -2.18. The van der Waals surface area contributed by atoms with Gasteiger partial charge in [0.1, 0.15) is 5.82 Å². The molecular weight excluding hydrogens is 331 g/mol. The van der Waals surface area contributed by atoms with Crippen molar-refractivity contribution in [3.8, 4) is 0 Å². The maximum absolute atomic E-state index is 14.2. The second-order valence-corrected chi connectivity index (χ2v) is 6.92. The van der Waals surface area contributed by atoms with Gasteiger partial charge in [0, 0.05) is 19.5 Å². The number of carbonyl (C=O) groups is 2. The van der Waals surface area contributed by atoms with Crippen LogP contribution >= 0.6 is 0 Å². The number of anilines is 1. The van der Waals surface area contributed by atoms with Crippen molar-refractivity contribution in [1.29, 1.82) is 0 Å². The molecular formula is C21H23FN2O2. The summed E-state index contributed by atoms with van der Waals surface area (Å²) in [7, 11) is 0. The maximum Gasteiger partial charge on any atom is 0.227 e. The summed E-state index contributed by atoms with van der Waals surface area (Å²) in [6.45, 7) is 4.56. The van der Waals surface area contributed by atoms with E-state index in [1.807, 2.05) is 37.3 Å². The number of nitrogens with one attached hydrogen (secondary N) is 1. The first-order valence-electron chi connectivity index (χ1n) is 8.85. The fraction of sp³-hybridized carbons (Fsp3) is 0.333. The van der Waals surface area contributed by atoms with E-state index in [2.05, 4.69) is 5.32 Å². The van der Waals surface area contributed by atoms with Crippen LogP contribution in [0.2, 0.25) is 0 Å². The van der Waals surface area contributed by atoms with Crippen molar-refractivity contribution >= 4 is 17.5 Å². The number of halogens is 1. The molecule has 1 aliphatic rings. The Kier molecular flexibility index (Phi) is 5.35. The van der Waals surface area contributed by atoms with Crippen LogP contribution in [0.3, 0.4) is 0 Å². The van der Waals surface area contributed by atoms with Crippen LogP contribution in [0.25, 0.3) is 0 Å².